The van der Waals surface area contributed by atoms with Crippen LogP contribution in [0.25, 0.3) is 28.4 Å². The van der Waals surface area contributed by atoms with E-state index in [9.17, 15) is 4.79 Å². The minimum atomic E-state index is -0.226. The van der Waals surface area contributed by atoms with Gasteiger partial charge >= 0.3 is 6.01 Å². The second kappa shape index (κ2) is 5.17. The number of fused-ring (bicyclic) bond motifs is 1. The van der Waals surface area contributed by atoms with Gasteiger partial charge in [-0.1, -0.05) is 35.4 Å². The molecule has 4 aromatic rings. The Morgan fingerprint density at radius 3 is 2.52 bits per heavy atom. The SMILES string of the molecule is Cc1nc2ccccc2c(=O)n1-c1nnc(-c2ccccc2)o1. The smallest absolute Gasteiger partial charge is 0.331 e. The topological polar surface area (TPSA) is 73.8 Å². The Bertz CT molecular complexity index is 1050. The first kappa shape index (κ1) is 13.4. The van der Waals surface area contributed by atoms with E-state index in [1.54, 1.807) is 25.1 Å². The van der Waals surface area contributed by atoms with E-state index in [4.69, 9.17) is 4.42 Å². The highest BCUT2D eigenvalue weighted by Gasteiger charge is 2.15. The van der Waals surface area contributed by atoms with Crippen molar-refractivity contribution in [2.24, 2.45) is 0 Å². The summed E-state index contributed by atoms with van der Waals surface area (Å²) in [7, 11) is 0. The quantitative estimate of drug-likeness (QED) is 0.569. The van der Waals surface area contributed by atoms with Crippen molar-refractivity contribution in [2.45, 2.75) is 6.92 Å². The zero-order valence-electron chi connectivity index (χ0n) is 12.3. The molecule has 23 heavy (non-hydrogen) atoms. The summed E-state index contributed by atoms with van der Waals surface area (Å²) in [5.74, 6) is 0.858. The van der Waals surface area contributed by atoms with Crippen LogP contribution in [0.15, 0.2) is 63.8 Å². The highest BCUT2D eigenvalue weighted by molar-refractivity contribution is 5.77. The average molecular weight is 304 g/mol. The Hall–Kier alpha value is -3.28. The van der Waals surface area contributed by atoms with E-state index < -0.39 is 0 Å². The van der Waals surface area contributed by atoms with Crippen LogP contribution < -0.4 is 5.56 Å². The van der Waals surface area contributed by atoms with Crippen molar-refractivity contribution >= 4 is 10.9 Å². The van der Waals surface area contributed by atoms with E-state index in [1.807, 2.05) is 36.4 Å². The maximum atomic E-state index is 12.7. The van der Waals surface area contributed by atoms with Gasteiger partial charge in [-0.3, -0.25) is 4.79 Å². The molecule has 0 aliphatic rings. The Balaban J connectivity index is 1.90. The molecule has 2 aromatic heterocycles. The highest BCUT2D eigenvalue weighted by Crippen LogP contribution is 2.19. The third-order valence-corrected chi connectivity index (χ3v) is 3.57. The molecular weight excluding hydrogens is 292 g/mol. The maximum absolute atomic E-state index is 12.7. The van der Waals surface area contributed by atoms with Crippen molar-refractivity contribution in [1.29, 1.82) is 0 Å². The molecule has 0 saturated heterocycles. The van der Waals surface area contributed by atoms with Crippen LogP contribution in [-0.2, 0) is 0 Å². The number of aryl methyl sites for hydroxylation is 1. The molecular formula is C17H12N4O2. The number of benzene rings is 2. The molecule has 2 heterocycles. The molecule has 0 radical (unpaired) electrons. The second-order valence-corrected chi connectivity index (χ2v) is 5.07. The fourth-order valence-corrected chi connectivity index (χ4v) is 2.47. The lowest BCUT2D eigenvalue weighted by molar-refractivity contribution is 0.527. The summed E-state index contributed by atoms with van der Waals surface area (Å²) in [5.41, 5.74) is 1.22. The summed E-state index contributed by atoms with van der Waals surface area (Å²) in [6.45, 7) is 1.74. The summed E-state index contributed by atoms with van der Waals surface area (Å²) in [5, 5.41) is 8.53. The van der Waals surface area contributed by atoms with Gasteiger partial charge in [0.2, 0.25) is 5.89 Å². The van der Waals surface area contributed by atoms with Crippen molar-refractivity contribution in [3.63, 3.8) is 0 Å². The van der Waals surface area contributed by atoms with Crippen LogP contribution in [0.3, 0.4) is 0 Å². The molecule has 0 N–H and O–H groups in total. The van der Waals surface area contributed by atoms with E-state index >= 15 is 0 Å². The Morgan fingerprint density at radius 1 is 0.957 bits per heavy atom. The minimum absolute atomic E-state index is 0.115. The lowest BCUT2D eigenvalue weighted by Gasteiger charge is -2.05. The molecule has 0 saturated carbocycles. The highest BCUT2D eigenvalue weighted by atomic mass is 16.4. The van der Waals surface area contributed by atoms with Crippen molar-refractivity contribution in [1.82, 2.24) is 19.7 Å². The van der Waals surface area contributed by atoms with Gasteiger partial charge in [0.1, 0.15) is 5.82 Å². The third-order valence-electron chi connectivity index (χ3n) is 3.57. The van der Waals surface area contributed by atoms with Crippen LogP contribution in [0.1, 0.15) is 5.82 Å². The monoisotopic (exact) mass is 304 g/mol. The van der Waals surface area contributed by atoms with Gasteiger partial charge in [0.05, 0.1) is 10.9 Å². The van der Waals surface area contributed by atoms with Crippen molar-refractivity contribution in [3.05, 3.63) is 70.8 Å². The first-order valence-corrected chi connectivity index (χ1v) is 7.12. The largest absolute Gasteiger partial charge is 0.403 e. The van der Waals surface area contributed by atoms with E-state index in [1.165, 1.54) is 4.57 Å². The molecule has 0 atom stereocenters. The molecule has 0 amide bonds. The van der Waals surface area contributed by atoms with E-state index in [2.05, 4.69) is 15.2 Å². The van der Waals surface area contributed by atoms with Crippen molar-refractivity contribution in [2.75, 3.05) is 0 Å². The molecule has 0 aliphatic carbocycles. The predicted octanol–water partition coefficient (Wildman–Crippen LogP) is 2.74. The number of hydrogen-bond acceptors (Lipinski definition) is 5. The fraction of sp³-hybridized carbons (Fsp3) is 0.0588. The van der Waals surface area contributed by atoms with Crippen LogP contribution >= 0.6 is 0 Å². The van der Waals surface area contributed by atoms with Gasteiger partial charge < -0.3 is 4.42 Å². The number of rotatable bonds is 2. The first-order chi connectivity index (χ1) is 11.2. The molecule has 0 spiro atoms. The zero-order valence-corrected chi connectivity index (χ0v) is 12.3. The first-order valence-electron chi connectivity index (χ1n) is 7.12. The zero-order chi connectivity index (χ0) is 15.8. The number of aromatic nitrogens is 4. The van der Waals surface area contributed by atoms with Gasteiger partial charge in [0.25, 0.3) is 5.56 Å². The van der Waals surface area contributed by atoms with Crippen LogP contribution in [0, 0.1) is 6.92 Å². The van der Waals surface area contributed by atoms with Crippen molar-refractivity contribution < 1.29 is 4.42 Å². The Morgan fingerprint density at radius 2 is 1.70 bits per heavy atom. The molecule has 6 nitrogen and oxygen atoms in total. The lowest BCUT2D eigenvalue weighted by Crippen LogP contribution is -2.22. The fourth-order valence-electron chi connectivity index (χ4n) is 2.47. The van der Waals surface area contributed by atoms with Gasteiger partial charge in [-0.15, -0.1) is 5.10 Å². The summed E-state index contributed by atoms with van der Waals surface area (Å²) >= 11 is 0. The normalized spacial score (nSPS) is 11.0. The standard InChI is InChI=1S/C17H12N4O2/c1-11-18-14-10-6-5-9-13(14)16(22)21(11)17-20-19-15(23-17)12-7-3-2-4-8-12/h2-10H,1H3. The molecule has 0 fully saturated rings. The Kier molecular flexibility index (Phi) is 3.01. The van der Waals surface area contributed by atoms with Crippen molar-refractivity contribution in [3.8, 4) is 17.5 Å². The molecule has 4 rings (SSSR count). The number of nitrogens with zero attached hydrogens (tertiary/aromatic N) is 4. The van der Waals surface area contributed by atoms with Gasteiger partial charge in [0.15, 0.2) is 0 Å². The lowest BCUT2D eigenvalue weighted by atomic mass is 10.2. The van der Waals surface area contributed by atoms with E-state index in [-0.39, 0.29) is 11.6 Å². The number of para-hydroxylation sites is 1. The second-order valence-electron chi connectivity index (χ2n) is 5.07. The van der Waals surface area contributed by atoms with Gasteiger partial charge in [-0.2, -0.15) is 0 Å². The van der Waals surface area contributed by atoms with Crippen LogP contribution in [0.4, 0.5) is 0 Å². The van der Waals surface area contributed by atoms with Crippen LogP contribution in [0.2, 0.25) is 0 Å². The summed E-state index contributed by atoms with van der Waals surface area (Å²) in [4.78, 5) is 17.1. The summed E-state index contributed by atoms with van der Waals surface area (Å²) < 4.78 is 7.00. The predicted molar refractivity (Wildman–Crippen MR) is 85.4 cm³/mol. The molecule has 0 bridgehead atoms. The van der Waals surface area contributed by atoms with Gasteiger partial charge in [-0.25, -0.2) is 9.55 Å². The van der Waals surface area contributed by atoms with Crippen LogP contribution in [-0.4, -0.2) is 19.7 Å². The maximum Gasteiger partial charge on any atom is 0.331 e. The minimum Gasteiger partial charge on any atom is -0.403 e. The molecule has 112 valence electrons. The molecule has 0 aliphatic heterocycles. The van der Waals surface area contributed by atoms with Crippen LogP contribution in [0.5, 0.6) is 0 Å². The van der Waals surface area contributed by atoms with Gasteiger partial charge in [-0.05, 0) is 31.2 Å². The third kappa shape index (κ3) is 2.20. The number of hydrogen-bond donors (Lipinski definition) is 0. The molecule has 0 unspecified atom stereocenters. The van der Waals surface area contributed by atoms with E-state index in [0.717, 1.165) is 5.56 Å². The molecule has 6 heteroatoms. The van der Waals surface area contributed by atoms with E-state index in [0.29, 0.717) is 22.6 Å². The van der Waals surface area contributed by atoms with Gasteiger partial charge in [0, 0.05) is 5.56 Å². The molecule has 2 aromatic carbocycles. The summed E-state index contributed by atoms with van der Waals surface area (Å²) in [6, 6.07) is 16.7. The Labute approximate surface area is 131 Å². The average Bonchev–Trinajstić information content (AvgIpc) is 3.05. The summed E-state index contributed by atoms with van der Waals surface area (Å²) in [6.07, 6.45) is 0.